The molecule has 4 heterocycles. The van der Waals surface area contributed by atoms with E-state index < -0.39 is 0 Å². The second-order valence-electron chi connectivity index (χ2n) is 21.1. The summed E-state index contributed by atoms with van der Waals surface area (Å²) in [5.41, 5.74) is 19.2. The summed E-state index contributed by atoms with van der Waals surface area (Å²) in [6.07, 6.45) is 5.64. The zero-order chi connectivity index (χ0) is 50.2. The molecular formula is C66H59FIrN4O+. The Balaban J connectivity index is 0.000000192. The maximum absolute atomic E-state index is 14.0. The van der Waals surface area contributed by atoms with Gasteiger partial charge in [-0.2, -0.15) is 6.07 Å². The molecule has 8 aromatic carbocycles. The van der Waals surface area contributed by atoms with E-state index in [1.807, 2.05) is 16.7 Å². The number of fused-ring (bicyclic) bond motifs is 7. The van der Waals surface area contributed by atoms with Crippen LogP contribution in [0.25, 0.3) is 83.7 Å². The van der Waals surface area contributed by atoms with Crippen molar-refractivity contribution >= 4 is 33.0 Å². The number of imidazole rings is 2. The average Bonchev–Trinajstić information content (AvgIpc) is 4.10. The number of para-hydroxylation sites is 3. The van der Waals surface area contributed by atoms with Gasteiger partial charge in [0.05, 0.1) is 33.8 Å². The predicted octanol–water partition coefficient (Wildman–Crippen LogP) is 16.6. The van der Waals surface area contributed by atoms with Gasteiger partial charge in [0.25, 0.3) is 6.33 Å². The summed E-state index contributed by atoms with van der Waals surface area (Å²) in [5.74, 6) is 1.16. The van der Waals surface area contributed by atoms with Crippen LogP contribution in [0.4, 0.5) is 4.39 Å². The van der Waals surface area contributed by atoms with Crippen LogP contribution in [0.2, 0.25) is 0 Å². The molecule has 0 saturated heterocycles. The summed E-state index contributed by atoms with van der Waals surface area (Å²) in [5, 5.41) is 2.15. The van der Waals surface area contributed by atoms with Crippen LogP contribution in [0.3, 0.4) is 0 Å². The fourth-order valence-corrected chi connectivity index (χ4v) is 10.8. The molecule has 5 nitrogen and oxygen atoms in total. The van der Waals surface area contributed by atoms with Gasteiger partial charge >= 0.3 is 20.1 Å². The number of benzene rings is 8. The zero-order valence-corrected chi connectivity index (χ0v) is 45.5. The Morgan fingerprint density at radius 1 is 0.630 bits per heavy atom. The first kappa shape index (κ1) is 49.4. The van der Waals surface area contributed by atoms with Gasteiger partial charge in [-0.1, -0.05) is 175 Å². The third-order valence-corrected chi connectivity index (χ3v) is 15.4. The van der Waals surface area contributed by atoms with Crippen molar-refractivity contribution in [3.05, 3.63) is 222 Å². The maximum atomic E-state index is 14.0. The fraction of sp³-hybridized carbons (Fsp3) is 0.212. The van der Waals surface area contributed by atoms with E-state index in [0.29, 0.717) is 0 Å². The molecule has 7 heteroatoms. The SMILES string of the molecule is CC(C)c1cc(-c2ccccc2)cc(C(C)C)c1-n1c(-c2[c-]ccc3c2oc2cc(-c4ccccc4)ccc23)nc2ccccc21.Cc1cccc(C)c1-n1[c-][n+]2c(c1)C(C)(C)C(C)(C)c1cc(F)c[c-]c1-2.[Ir+3]. The van der Waals surface area contributed by atoms with Gasteiger partial charge in [0.2, 0.25) is 0 Å². The van der Waals surface area contributed by atoms with Crippen molar-refractivity contribution in [1.29, 1.82) is 0 Å². The van der Waals surface area contributed by atoms with E-state index in [4.69, 9.17) is 9.40 Å². The van der Waals surface area contributed by atoms with Gasteiger partial charge in [-0.3, -0.25) is 13.9 Å². The van der Waals surface area contributed by atoms with Crippen molar-refractivity contribution in [3.63, 3.8) is 0 Å². The number of hydrogen-bond acceptors (Lipinski definition) is 2. The van der Waals surface area contributed by atoms with Gasteiger partial charge in [0.1, 0.15) is 5.58 Å². The van der Waals surface area contributed by atoms with E-state index in [1.54, 1.807) is 6.07 Å². The minimum atomic E-state index is -0.245. The molecule has 1 aliphatic heterocycles. The molecule has 12 rings (SSSR count). The van der Waals surface area contributed by atoms with Crippen LogP contribution in [-0.2, 0) is 30.9 Å². The summed E-state index contributed by atoms with van der Waals surface area (Å²) in [6.45, 7) is 22.2. The Bertz CT molecular complexity index is 3810. The second kappa shape index (κ2) is 19.0. The largest absolute Gasteiger partial charge is 3.00 e. The van der Waals surface area contributed by atoms with Gasteiger partial charge in [-0.05, 0) is 112 Å². The molecule has 0 bridgehead atoms. The molecule has 0 aliphatic carbocycles. The van der Waals surface area contributed by atoms with Crippen molar-refractivity contribution in [1.82, 2.24) is 14.1 Å². The fourth-order valence-electron chi connectivity index (χ4n) is 10.8. The van der Waals surface area contributed by atoms with E-state index >= 15 is 0 Å². The molecule has 0 atom stereocenters. The molecule has 0 saturated carbocycles. The van der Waals surface area contributed by atoms with Gasteiger partial charge in [-0.25, -0.2) is 0 Å². The van der Waals surface area contributed by atoms with E-state index in [9.17, 15) is 4.39 Å². The molecule has 0 spiro atoms. The second-order valence-corrected chi connectivity index (χ2v) is 21.1. The molecule has 0 unspecified atom stereocenters. The number of aromatic nitrogens is 4. The zero-order valence-electron chi connectivity index (χ0n) is 43.2. The molecule has 0 radical (unpaired) electrons. The third-order valence-electron chi connectivity index (χ3n) is 15.4. The first-order valence-electron chi connectivity index (χ1n) is 25.1. The van der Waals surface area contributed by atoms with Crippen molar-refractivity contribution in [2.45, 2.75) is 91.9 Å². The Morgan fingerprint density at radius 3 is 1.92 bits per heavy atom. The predicted molar refractivity (Wildman–Crippen MR) is 292 cm³/mol. The molecular weight excluding hydrogens is 1080 g/mol. The van der Waals surface area contributed by atoms with Crippen molar-refractivity contribution < 1.29 is 33.5 Å². The number of hydrogen-bond donors (Lipinski definition) is 0. The summed E-state index contributed by atoms with van der Waals surface area (Å²) < 4.78 is 27.2. The molecule has 1 aliphatic rings. The average molecular weight is 1140 g/mol. The third kappa shape index (κ3) is 8.37. The Labute approximate surface area is 442 Å². The van der Waals surface area contributed by atoms with Gasteiger partial charge in [0.15, 0.2) is 0 Å². The van der Waals surface area contributed by atoms with Crippen LogP contribution in [-0.4, -0.2) is 14.1 Å². The number of furan rings is 1. The monoisotopic (exact) mass is 1140 g/mol. The Morgan fingerprint density at radius 2 is 1.26 bits per heavy atom. The number of rotatable bonds is 7. The van der Waals surface area contributed by atoms with E-state index in [1.165, 1.54) is 50.7 Å². The molecule has 3 aromatic heterocycles. The number of nitrogens with zero attached hydrogens (tertiary/aromatic N) is 4. The number of aryl methyl sites for hydroxylation is 2. The molecule has 0 fully saturated rings. The molecule has 0 N–H and O–H groups in total. The van der Waals surface area contributed by atoms with Crippen molar-refractivity contribution in [3.8, 4) is 50.7 Å². The Hall–Kier alpha value is -7.18. The quantitative estimate of drug-likeness (QED) is 0.118. The van der Waals surface area contributed by atoms with Crippen LogP contribution >= 0.6 is 0 Å². The molecule has 364 valence electrons. The molecule has 0 amide bonds. The molecule has 11 aromatic rings. The normalized spacial score (nSPS) is 13.5. The Kier molecular flexibility index (Phi) is 12.9. The van der Waals surface area contributed by atoms with Crippen LogP contribution in [0, 0.1) is 38.1 Å². The molecule has 73 heavy (non-hydrogen) atoms. The summed E-state index contributed by atoms with van der Waals surface area (Å²) in [7, 11) is 0. The standard InChI is InChI=1S/C43H35N2O.C23H24FN2.Ir/c1-27(2)36-24-32(30-16-9-6-10-17-30)25-37(28(3)4)41(36)45-39-21-12-11-20-38(39)44-43(45)35-19-13-18-34-33-23-22-31(26-40(33)46-42(34)35)29-14-7-5-8-15-29;1-15-8-7-9-16(2)21(15)25-13-20-23(5,6)22(3,4)18-12-17(24)10-11-19(18)26(20)14-25;/h5-18,20-28H,1-4H3;7-10,12-13H,1-6H3;/q2*-1;+3. The van der Waals surface area contributed by atoms with Crippen LogP contribution in [0.5, 0.6) is 0 Å². The van der Waals surface area contributed by atoms with Crippen LogP contribution < -0.4 is 4.57 Å². The first-order valence-corrected chi connectivity index (χ1v) is 25.1. The maximum Gasteiger partial charge on any atom is 3.00 e. The minimum Gasteiger partial charge on any atom is -0.501 e. The van der Waals surface area contributed by atoms with Crippen LogP contribution in [0.15, 0.2) is 168 Å². The van der Waals surface area contributed by atoms with E-state index in [-0.39, 0.29) is 48.6 Å². The summed E-state index contributed by atoms with van der Waals surface area (Å²) in [6, 6.07) is 61.0. The van der Waals surface area contributed by atoms with Crippen LogP contribution in [0.1, 0.15) is 101 Å². The topological polar surface area (TPSA) is 39.8 Å². The first-order chi connectivity index (χ1) is 34.6. The summed E-state index contributed by atoms with van der Waals surface area (Å²) in [4.78, 5) is 5.30. The van der Waals surface area contributed by atoms with Crippen molar-refractivity contribution in [2.75, 3.05) is 0 Å². The van der Waals surface area contributed by atoms with Crippen molar-refractivity contribution in [2.24, 2.45) is 0 Å². The number of halogens is 1. The van der Waals surface area contributed by atoms with Gasteiger partial charge in [0, 0.05) is 23.1 Å². The van der Waals surface area contributed by atoms with Gasteiger partial charge < -0.3 is 13.6 Å². The van der Waals surface area contributed by atoms with E-state index in [0.717, 1.165) is 72.6 Å². The van der Waals surface area contributed by atoms with Gasteiger partial charge in [-0.15, -0.1) is 35.9 Å². The summed E-state index contributed by atoms with van der Waals surface area (Å²) >= 11 is 0. The smallest absolute Gasteiger partial charge is 0.501 e. The minimum absolute atomic E-state index is 0. The van der Waals surface area contributed by atoms with E-state index in [2.05, 4.69) is 236 Å².